The van der Waals surface area contributed by atoms with Crippen LogP contribution < -0.4 is 11.1 Å². The van der Waals surface area contributed by atoms with Gasteiger partial charge >= 0.3 is 0 Å². The maximum atomic E-state index is 11.5. The van der Waals surface area contributed by atoms with Crippen molar-refractivity contribution >= 4 is 11.6 Å². The van der Waals surface area contributed by atoms with Gasteiger partial charge in [-0.2, -0.15) is 0 Å². The van der Waals surface area contributed by atoms with Crippen LogP contribution in [0.5, 0.6) is 0 Å². The standard InChI is InChI=1S/C12H19N3O2/c1-9(16)3-2-6-14-12(17)7-11-5-4-10(13)8-15-11/h4-5,8-9,16H,2-3,6-7,13H2,1H3,(H,14,17). The summed E-state index contributed by atoms with van der Waals surface area (Å²) < 4.78 is 0. The fraction of sp³-hybridized carbons (Fsp3) is 0.500. The number of aliphatic hydroxyl groups excluding tert-OH is 1. The van der Waals surface area contributed by atoms with Gasteiger partial charge in [0, 0.05) is 12.2 Å². The third-order valence-electron chi connectivity index (χ3n) is 2.31. The summed E-state index contributed by atoms with van der Waals surface area (Å²) >= 11 is 0. The molecule has 0 bridgehead atoms. The summed E-state index contributed by atoms with van der Waals surface area (Å²) in [6.07, 6.45) is 2.95. The highest BCUT2D eigenvalue weighted by Gasteiger charge is 2.04. The summed E-state index contributed by atoms with van der Waals surface area (Å²) in [6.45, 7) is 2.32. The molecule has 0 aliphatic carbocycles. The Bertz CT molecular complexity index is 349. The van der Waals surface area contributed by atoms with Crippen molar-refractivity contribution in [2.45, 2.75) is 32.3 Å². The van der Waals surface area contributed by atoms with E-state index in [0.29, 0.717) is 24.3 Å². The number of nitrogen functional groups attached to an aromatic ring is 1. The largest absolute Gasteiger partial charge is 0.397 e. The molecule has 1 aromatic rings. The minimum atomic E-state index is -0.314. The van der Waals surface area contributed by atoms with E-state index >= 15 is 0 Å². The van der Waals surface area contributed by atoms with Crippen LogP contribution in [-0.4, -0.2) is 28.6 Å². The normalized spacial score (nSPS) is 12.1. The number of amides is 1. The fourth-order valence-electron chi connectivity index (χ4n) is 1.39. The Morgan fingerprint density at radius 2 is 2.35 bits per heavy atom. The van der Waals surface area contributed by atoms with E-state index in [2.05, 4.69) is 10.3 Å². The topological polar surface area (TPSA) is 88.2 Å². The zero-order valence-electron chi connectivity index (χ0n) is 10.0. The average molecular weight is 237 g/mol. The number of hydrogen-bond acceptors (Lipinski definition) is 4. The second kappa shape index (κ2) is 6.85. The van der Waals surface area contributed by atoms with E-state index < -0.39 is 0 Å². The molecule has 1 unspecified atom stereocenters. The van der Waals surface area contributed by atoms with Crippen LogP contribution in [0.15, 0.2) is 18.3 Å². The molecule has 1 atom stereocenters. The van der Waals surface area contributed by atoms with E-state index in [9.17, 15) is 4.79 Å². The third-order valence-corrected chi connectivity index (χ3v) is 2.31. The molecular formula is C12H19N3O2. The lowest BCUT2D eigenvalue weighted by atomic mass is 10.2. The second-order valence-electron chi connectivity index (χ2n) is 4.10. The SMILES string of the molecule is CC(O)CCCNC(=O)Cc1ccc(N)cn1. The smallest absolute Gasteiger partial charge is 0.226 e. The molecule has 0 radical (unpaired) electrons. The molecule has 94 valence electrons. The van der Waals surface area contributed by atoms with E-state index in [1.165, 1.54) is 6.20 Å². The van der Waals surface area contributed by atoms with Crippen molar-refractivity contribution in [2.24, 2.45) is 0 Å². The number of carbonyl (C=O) groups excluding carboxylic acids is 1. The molecule has 5 heteroatoms. The number of rotatable bonds is 6. The van der Waals surface area contributed by atoms with E-state index in [-0.39, 0.29) is 18.4 Å². The Hall–Kier alpha value is -1.62. The molecule has 0 fully saturated rings. The maximum absolute atomic E-state index is 11.5. The van der Waals surface area contributed by atoms with Crippen LogP contribution in [0.2, 0.25) is 0 Å². The highest BCUT2D eigenvalue weighted by molar-refractivity contribution is 5.78. The molecule has 1 amide bonds. The monoisotopic (exact) mass is 237 g/mol. The first-order chi connectivity index (χ1) is 8.08. The summed E-state index contributed by atoms with van der Waals surface area (Å²) in [5.41, 5.74) is 6.79. The molecule has 0 saturated heterocycles. The molecular weight excluding hydrogens is 218 g/mol. The summed E-state index contributed by atoms with van der Waals surface area (Å²) in [5.74, 6) is -0.0622. The number of nitrogens with one attached hydrogen (secondary N) is 1. The van der Waals surface area contributed by atoms with Crippen molar-refractivity contribution < 1.29 is 9.90 Å². The number of hydrogen-bond donors (Lipinski definition) is 3. The number of nitrogens with zero attached hydrogens (tertiary/aromatic N) is 1. The van der Waals surface area contributed by atoms with Crippen molar-refractivity contribution in [1.82, 2.24) is 10.3 Å². The molecule has 1 aromatic heterocycles. The van der Waals surface area contributed by atoms with Gasteiger partial charge in [0.25, 0.3) is 0 Å². The van der Waals surface area contributed by atoms with E-state index in [1.54, 1.807) is 19.1 Å². The van der Waals surface area contributed by atoms with Crippen molar-refractivity contribution in [1.29, 1.82) is 0 Å². The number of anilines is 1. The Morgan fingerprint density at radius 1 is 1.59 bits per heavy atom. The summed E-state index contributed by atoms with van der Waals surface area (Å²) in [4.78, 5) is 15.5. The van der Waals surface area contributed by atoms with Crippen LogP contribution in [0.4, 0.5) is 5.69 Å². The van der Waals surface area contributed by atoms with Crippen molar-refractivity contribution in [3.8, 4) is 0 Å². The van der Waals surface area contributed by atoms with E-state index in [0.717, 1.165) is 6.42 Å². The summed E-state index contributed by atoms with van der Waals surface area (Å²) in [7, 11) is 0. The van der Waals surface area contributed by atoms with Gasteiger partial charge < -0.3 is 16.2 Å². The molecule has 17 heavy (non-hydrogen) atoms. The predicted molar refractivity (Wildman–Crippen MR) is 66.3 cm³/mol. The summed E-state index contributed by atoms with van der Waals surface area (Å²) in [6, 6.07) is 3.47. The molecule has 1 heterocycles. The lowest BCUT2D eigenvalue weighted by Crippen LogP contribution is -2.26. The van der Waals surface area contributed by atoms with Crippen molar-refractivity contribution in [2.75, 3.05) is 12.3 Å². The zero-order chi connectivity index (χ0) is 12.7. The number of aliphatic hydroxyl groups is 1. The second-order valence-corrected chi connectivity index (χ2v) is 4.10. The van der Waals surface area contributed by atoms with Gasteiger partial charge in [-0.3, -0.25) is 9.78 Å². The minimum Gasteiger partial charge on any atom is -0.397 e. The molecule has 0 saturated carbocycles. The molecule has 1 rings (SSSR count). The number of nitrogens with two attached hydrogens (primary N) is 1. The van der Waals surface area contributed by atoms with Crippen molar-refractivity contribution in [3.05, 3.63) is 24.0 Å². The molecule has 0 aliphatic heterocycles. The van der Waals surface area contributed by atoms with E-state index in [1.807, 2.05) is 0 Å². The van der Waals surface area contributed by atoms with Gasteiger partial charge in [-0.1, -0.05) is 0 Å². The molecule has 0 aromatic carbocycles. The van der Waals surface area contributed by atoms with Crippen LogP contribution in [0.1, 0.15) is 25.5 Å². The fourth-order valence-corrected chi connectivity index (χ4v) is 1.39. The van der Waals surface area contributed by atoms with Gasteiger partial charge in [-0.05, 0) is 31.9 Å². The Balaban J connectivity index is 2.23. The lowest BCUT2D eigenvalue weighted by molar-refractivity contribution is -0.120. The van der Waals surface area contributed by atoms with Gasteiger partial charge in [0.1, 0.15) is 0 Å². The Morgan fingerprint density at radius 3 is 2.94 bits per heavy atom. The minimum absolute atomic E-state index is 0.0622. The molecule has 5 nitrogen and oxygen atoms in total. The van der Waals surface area contributed by atoms with Crippen LogP contribution in [0.3, 0.4) is 0 Å². The first-order valence-electron chi connectivity index (χ1n) is 5.73. The van der Waals surface area contributed by atoms with Gasteiger partial charge in [0.05, 0.1) is 24.4 Å². The van der Waals surface area contributed by atoms with Gasteiger partial charge in [-0.25, -0.2) is 0 Å². The predicted octanol–water partition coefficient (Wildman–Crippen LogP) is 0.483. The first-order valence-corrected chi connectivity index (χ1v) is 5.73. The lowest BCUT2D eigenvalue weighted by Gasteiger charge is -2.06. The quantitative estimate of drug-likeness (QED) is 0.628. The molecule has 0 aliphatic rings. The maximum Gasteiger partial charge on any atom is 0.226 e. The van der Waals surface area contributed by atoms with Gasteiger partial charge in [0.15, 0.2) is 0 Å². The Kier molecular flexibility index (Phi) is 5.42. The number of pyridine rings is 1. The average Bonchev–Trinajstić information content (AvgIpc) is 2.27. The van der Waals surface area contributed by atoms with Crippen LogP contribution in [-0.2, 0) is 11.2 Å². The third kappa shape index (κ3) is 5.87. The van der Waals surface area contributed by atoms with Crippen molar-refractivity contribution in [3.63, 3.8) is 0 Å². The number of carbonyl (C=O) groups is 1. The zero-order valence-corrected chi connectivity index (χ0v) is 10.0. The summed E-state index contributed by atoms with van der Waals surface area (Å²) in [5, 5.41) is 11.8. The molecule has 0 spiro atoms. The highest BCUT2D eigenvalue weighted by atomic mass is 16.3. The van der Waals surface area contributed by atoms with Gasteiger partial charge in [0.2, 0.25) is 5.91 Å². The van der Waals surface area contributed by atoms with Crippen LogP contribution in [0.25, 0.3) is 0 Å². The number of aromatic nitrogens is 1. The Labute approximate surface area is 101 Å². The van der Waals surface area contributed by atoms with Gasteiger partial charge in [-0.15, -0.1) is 0 Å². The highest BCUT2D eigenvalue weighted by Crippen LogP contribution is 2.01. The first kappa shape index (κ1) is 13.4. The van der Waals surface area contributed by atoms with E-state index in [4.69, 9.17) is 10.8 Å². The van der Waals surface area contributed by atoms with Crippen LogP contribution >= 0.6 is 0 Å². The van der Waals surface area contributed by atoms with Crippen LogP contribution in [0, 0.1) is 0 Å². The molecule has 4 N–H and O–H groups in total.